The number of thioether (sulfide) groups is 1. The van der Waals surface area contributed by atoms with Gasteiger partial charge < -0.3 is 5.32 Å². The van der Waals surface area contributed by atoms with Crippen molar-refractivity contribution < 1.29 is 9.18 Å². The highest BCUT2D eigenvalue weighted by atomic mass is 32.2. The van der Waals surface area contributed by atoms with E-state index in [9.17, 15) is 9.18 Å². The second-order valence-electron chi connectivity index (χ2n) is 5.36. The van der Waals surface area contributed by atoms with Gasteiger partial charge in [-0.05, 0) is 46.7 Å². The third kappa shape index (κ3) is 4.42. The first-order valence-corrected chi connectivity index (χ1v) is 8.60. The average Bonchev–Trinajstić information content (AvgIpc) is 3.10. The second kappa shape index (κ2) is 7.89. The molecule has 0 radical (unpaired) electrons. The van der Waals surface area contributed by atoms with Gasteiger partial charge in [-0.15, -0.1) is 5.10 Å². The molecule has 25 heavy (non-hydrogen) atoms. The molecule has 0 bridgehead atoms. The van der Waals surface area contributed by atoms with Gasteiger partial charge in [0.1, 0.15) is 5.82 Å². The molecule has 3 rings (SSSR count). The molecule has 0 fully saturated rings. The highest BCUT2D eigenvalue weighted by molar-refractivity contribution is 7.99. The molecule has 128 valence electrons. The largest absolute Gasteiger partial charge is 0.351 e. The van der Waals surface area contributed by atoms with Crippen LogP contribution in [-0.4, -0.2) is 31.9 Å². The minimum Gasteiger partial charge on any atom is -0.351 e. The van der Waals surface area contributed by atoms with Gasteiger partial charge in [-0.2, -0.15) is 4.68 Å². The summed E-state index contributed by atoms with van der Waals surface area (Å²) < 4.78 is 15.1. The molecule has 1 aromatic heterocycles. The number of halogens is 1. The van der Waals surface area contributed by atoms with E-state index in [0.717, 1.165) is 11.3 Å². The molecule has 2 aromatic carbocycles. The number of amides is 1. The summed E-state index contributed by atoms with van der Waals surface area (Å²) >= 11 is 1.24. The Morgan fingerprint density at radius 3 is 2.80 bits per heavy atom. The molecule has 0 saturated heterocycles. The summed E-state index contributed by atoms with van der Waals surface area (Å²) in [5.74, 6) is -0.279. The molecule has 0 spiro atoms. The number of benzene rings is 2. The summed E-state index contributed by atoms with van der Waals surface area (Å²) in [4.78, 5) is 12.0. The average molecular weight is 357 g/mol. The molecule has 6 nitrogen and oxygen atoms in total. The smallest absolute Gasteiger partial charge is 0.230 e. The van der Waals surface area contributed by atoms with Gasteiger partial charge in [-0.3, -0.25) is 4.79 Å². The van der Waals surface area contributed by atoms with E-state index in [1.54, 1.807) is 23.7 Å². The number of carbonyl (C=O) groups excluding carboxylic acids is 1. The maximum atomic E-state index is 13.5. The molecule has 0 saturated carbocycles. The number of carbonyl (C=O) groups is 1. The first-order valence-electron chi connectivity index (χ1n) is 7.62. The van der Waals surface area contributed by atoms with Gasteiger partial charge in [-0.25, -0.2) is 4.39 Å². The first kappa shape index (κ1) is 17.1. The normalized spacial score (nSPS) is 10.6. The highest BCUT2D eigenvalue weighted by Gasteiger charge is 2.11. The molecule has 1 amide bonds. The van der Waals surface area contributed by atoms with E-state index in [0.29, 0.717) is 10.7 Å². The number of hydrogen-bond donors (Lipinski definition) is 1. The van der Waals surface area contributed by atoms with Gasteiger partial charge in [0.25, 0.3) is 0 Å². The van der Waals surface area contributed by atoms with E-state index in [2.05, 4.69) is 20.8 Å². The number of para-hydroxylation sites is 1. The van der Waals surface area contributed by atoms with Gasteiger partial charge >= 0.3 is 0 Å². The topological polar surface area (TPSA) is 72.7 Å². The summed E-state index contributed by atoms with van der Waals surface area (Å²) in [5, 5.41) is 14.8. The number of tetrazole rings is 1. The van der Waals surface area contributed by atoms with Crippen molar-refractivity contribution in [3.05, 3.63) is 65.5 Å². The zero-order valence-electron chi connectivity index (χ0n) is 13.5. The van der Waals surface area contributed by atoms with Gasteiger partial charge in [0.05, 0.1) is 11.4 Å². The number of aryl methyl sites for hydroxylation is 1. The van der Waals surface area contributed by atoms with Crippen LogP contribution < -0.4 is 5.32 Å². The Balaban J connectivity index is 1.55. The van der Waals surface area contributed by atoms with Crippen LogP contribution in [-0.2, 0) is 11.3 Å². The van der Waals surface area contributed by atoms with E-state index >= 15 is 0 Å². The first-order chi connectivity index (χ1) is 12.1. The number of hydrogen-bond acceptors (Lipinski definition) is 5. The Labute approximate surface area is 148 Å². The Morgan fingerprint density at radius 1 is 1.24 bits per heavy atom. The SMILES string of the molecule is Cc1ccc(CNC(=O)CSc2nnnn2-c2ccccc2)cc1F. The minimum absolute atomic E-state index is 0.168. The molecule has 1 N–H and O–H groups in total. The molecule has 0 aliphatic heterocycles. The van der Waals surface area contributed by atoms with Crippen molar-refractivity contribution in [2.75, 3.05) is 5.75 Å². The minimum atomic E-state index is -0.275. The van der Waals surface area contributed by atoms with Crippen LogP contribution in [0, 0.1) is 12.7 Å². The summed E-state index contributed by atoms with van der Waals surface area (Å²) in [6.45, 7) is 1.98. The van der Waals surface area contributed by atoms with Gasteiger partial charge in [-0.1, -0.05) is 42.1 Å². The van der Waals surface area contributed by atoms with Crippen LogP contribution in [0.2, 0.25) is 0 Å². The fraction of sp³-hybridized carbons (Fsp3) is 0.176. The lowest BCUT2D eigenvalue weighted by Gasteiger charge is -2.07. The van der Waals surface area contributed by atoms with Crippen LogP contribution in [0.1, 0.15) is 11.1 Å². The standard InChI is InChI=1S/C17H16FN5OS/c1-12-7-8-13(9-15(12)18)10-19-16(24)11-25-17-20-21-22-23(17)14-5-3-2-4-6-14/h2-9H,10-11H2,1H3,(H,19,24). The van der Waals surface area contributed by atoms with Crippen LogP contribution in [0.5, 0.6) is 0 Å². The van der Waals surface area contributed by atoms with E-state index in [1.165, 1.54) is 17.8 Å². The number of aromatic nitrogens is 4. The van der Waals surface area contributed by atoms with E-state index < -0.39 is 0 Å². The predicted molar refractivity (Wildman–Crippen MR) is 92.9 cm³/mol. The van der Waals surface area contributed by atoms with Crippen LogP contribution in [0.4, 0.5) is 4.39 Å². The maximum absolute atomic E-state index is 13.5. The number of nitrogens with zero attached hydrogens (tertiary/aromatic N) is 4. The summed E-state index contributed by atoms with van der Waals surface area (Å²) in [6.07, 6.45) is 0. The molecule has 1 heterocycles. The second-order valence-corrected chi connectivity index (χ2v) is 6.30. The molecular weight excluding hydrogens is 341 g/mol. The van der Waals surface area contributed by atoms with Crippen LogP contribution in [0.25, 0.3) is 5.69 Å². The molecule has 0 aliphatic carbocycles. The lowest BCUT2D eigenvalue weighted by molar-refractivity contribution is -0.118. The monoisotopic (exact) mass is 357 g/mol. The summed E-state index contributed by atoms with van der Waals surface area (Å²) in [5.41, 5.74) is 2.12. The van der Waals surface area contributed by atoms with Crippen molar-refractivity contribution in [2.45, 2.75) is 18.6 Å². The van der Waals surface area contributed by atoms with Gasteiger partial charge in [0.15, 0.2) is 0 Å². The van der Waals surface area contributed by atoms with Crippen LogP contribution in [0.3, 0.4) is 0 Å². The van der Waals surface area contributed by atoms with Crippen molar-refractivity contribution >= 4 is 17.7 Å². The summed E-state index contributed by atoms with van der Waals surface area (Å²) in [6, 6.07) is 14.4. The van der Waals surface area contributed by atoms with Crippen molar-refractivity contribution in [1.29, 1.82) is 0 Å². The molecule has 0 aliphatic rings. The van der Waals surface area contributed by atoms with E-state index in [4.69, 9.17) is 0 Å². The quantitative estimate of drug-likeness (QED) is 0.686. The molecule has 8 heteroatoms. The van der Waals surface area contributed by atoms with E-state index in [-0.39, 0.29) is 24.0 Å². The fourth-order valence-electron chi connectivity index (χ4n) is 2.13. The van der Waals surface area contributed by atoms with Gasteiger partial charge in [0.2, 0.25) is 11.1 Å². The molecule has 3 aromatic rings. The third-order valence-electron chi connectivity index (χ3n) is 3.50. The Bertz CT molecular complexity index is 868. The van der Waals surface area contributed by atoms with Crippen molar-refractivity contribution in [3.8, 4) is 5.69 Å². The van der Waals surface area contributed by atoms with Crippen molar-refractivity contribution in [2.24, 2.45) is 0 Å². The van der Waals surface area contributed by atoms with Crippen LogP contribution in [0.15, 0.2) is 53.7 Å². The maximum Gasteiger partial charge on any atom is 0.230 e. The van der Waals surface area contributed by atoms with Crippen molar-refractivity contribution in [1.82, 2.24) is 25.5 Å². The molecular formula is C17H16FN5OS. The third-order valence-corrected chi connectivity index (χ3v) is 4.42. The Hall–Kier alpha value is -2.74. The summed E-state index contributed by atoms with van der Waals surface area (Å²) in [7, 11) is 0. The Kier molecular flexibility index (Phi) is 5.39. The highest BCUT2D eigenvalue weighted by Crippen LogP contribution is 2.17. The Morgan fingerprint density at radius 2 is 2.04 bits per heavy atom. The number of nitrogens with one attached hydrogen (secondary N) is 1. The predicted octanol–water partition coefficient (Wildman–Crippen LogP) is 2.52. The lowest BCUT2D eigenvalue weighted by Crippen LogP contribution is -2.24. The number of rotatable bonds is 6. The van der Waals surface area contributed by atoms with Crippen molar-refractivity contribution in [3.63, 3.8) is 0 Å². The molecule has 0 atom stereocenters. The zero-order valence-corrected chi connectivity index (χ0v) is 14.3. The molecule has 0 unspecified atom stereocenters. The van der Waals surface area contributed by atoms with Crippen LogP contribution >= 0.6 is 11.8 Å². The lowest BCUT2D eigenvalue weighted by atomic mass is 10.1. The zero-order chi connectivity index (χ0) is 17.6. The van der Waals surface area contributed by atoms with E-state index in [1.807, 2.05) is 30.3 Å². The fourth-order valence-corrected chi connectivity index (χ4v) is 2.85. The van der Waals surface area contributed by atoms with Gasteiger partial charge in [0, 0.05) is 6.54 Å².